The second-order valence-electron chi connectivity index (χ2n) is 6.19. The molecule has 0 saturated heterocycles. The topological polar surface area (TPSA) is 77.2 Å². The Morgan fingerprint density at radius 1 is 1.29 bits per heavy atom. The summed E-state index contributed by atoms with van der Waals surface area (Å²) in [5, 5.41) is 3.62. The molecule has 1 aromatic heterocycles. The summed E-state index contributed by atoms with van der Waals surface area (Å²) < 4.78 is 5.79. The molecule has 0 saturated carbocycles. The average Bonchev–Trinajstić information content (AvgIpc) is 2.97. The van der Waals surface area contributed by atoms with Crippen LogP contribution in [0.3, 0.4) is 0 Å². The van der Waals surface area contributed by atoms with E-state index in [2.05, 4.69) is 29.4 Å². The molecule has 0 radical (unpaired) electrons. The van der Waals surface area contributed by atoms with E-state index in [1.165, 1.54) is 30.2 Å². The van der Waals surface area contributed by atoms with Crippen molar-refractivity contribution < 1.29 is 9.53 Å². The third-order valence-electron chi connectivity index (χ3n) is 4.32. The molecule has 5 heteroatoms. The summed E-state index contributed by atoms with van der Waals surface area (Å²) in [5.74, 6) is 0.728. The fourth-order valence-electron chi connectivity index (χ4n) is 2.99. The molecule has 5 nitrogen and oxygen atoms in total. The van der Waals surface area contributed by atoms with E-state index >= 15 is 0 Å². The van der Waals surface area contributed by atoms with Gasteiger partial charge in [0.15, 0.2) is 0 Å². The van der Waals surface area contributed by atoms with Gasteiger partial charge in [-0.3, -0.25) is 4.79 Å². The molecule has 1 atom stereocenters. The fourth-order valence-corrected chi connectivity index (χ4v) is 2.99. The number of amides is 1. The first kappa shape index (κ1) is 16.5. The Kier molecular flexibility index (Phi) is 5.11. The van der Waals surface area contributed by atoms with Crippen molar-refractivity contribution in [3.63, 3.8) is 0 Å². The van der Waals surface area contributed by atoms with Crippen LogP contribution in [0.15, 0.2) is 36.5 Å². The van der Waals surface area contributed by atoms with E-state index in [1.54, 1.807) is 12.1 Å². The standard InChI is InChI=1S/C19H23N3O2/c1-2-3-8-21-16-9-13-4-6-17(11-15(13)10-16)24-18-7-5-14(12-22-18)19(20)23/h4-7,11-12,16,21H,2-3,8-10H2,1H3,(H2,20,23). The van der Waals surface area contributed by atoms with E-state index in [4.69, 9.17) is 10.5 Å². The molecule has 1 heterocycles. The van der Waals surface area contributed by atoms with E-state index in [0.29, 0.717) is 17.5 Å². The molecule has 2 aromatic rings. The maximum absolute atomic E-state index is 11.1. The molecule has 1 unspecified atom stereocenters. The fraction of sp³-hybridized carbons (Fsp3) is 0.368. The number of pyridine rings is 1. The maximum Gasteiger partial charge on any atom is 0.250 e. The van der Waals surface area contributed by atoms with Gasteiger partial charge >= 0.3 is 0 Å². The lowest BCUT2D eigenvalue weighted by molar-refractivity contribution is 0.1000. The molecule has 1 aliphatic rings. The van der Waals surface area contributed by atoms with Crippen molar-refractivity contribution in [3.05, 3.63) is 53.2 Å². The van der Waals surface area contributed by atoms with Crippen LogP contribution in [-0.4, -0.2) is 23.5 Å². The average molecular weight is 325 g/mol. The van der Waals surface area contributed by atoms with Gasteiger partial charge in [0.2, 0.25) is 11.8 Å². The molecule has 126 valence electrons. The highest BCUT2D eigenvalue weighted by Crippen LogP contribution is 2.28. The predicted molar refractivity (Wildman–Crippen MR) is 93.4 cm³/mol. The molecule has 1 amide bonds. The number of hydrogen-bond donors (Lipinski definition) is 2. The number of nitrogens with one attached hydrogen (secondary N) is 1. The Hall–Kier alpha value is -2.40. The number of fused-ring (bicyclic) bond motifs is 1. The molecule has 0 spiro atoms. The smallest absolute Gasteiger partial charge is 0.250 e. The summed E-state index contributed by atoms with van der Waals surface area (Å²) in [6, 6.07) is 9.98. The lowest BCUT2D eigenvalue weighted by atomic mass is 10.1. The number of aromatic nitrogens is 1. The Morgan fingerprint density at radius 3 is 2.83 bits per heavy atom. The molecular formula is C19H23N3O2. The zero-order chi connectivity index (χ0) is 16.9. The number of rotatable bonds is 7. The van der Waals surface area contributed by atoms with Crippen LogP contribution in [0.1, 0.15) is 41.3 Å². The Labute approximate surface area is 142 Å². The third-order valence-corrected chi connectivity index (χ3v) is 4.32. The van der Waals surface area contributed by atoms with E-state index in [-0.39, 0.29) is 0 Å². The lowest BCUT2D eigenvalue weighted by Gasteiger charge is -2.10. The van der Waals surface area contributed by atoms with Gasteiger partial charge in [-0.25, -0.2) is 4.98 Å². The van der Waals surface area contributed by atoms with Crippen LogP contribution in [0, 0.1) is 0 Å². The van der Waals surface area contributed by atoms with Crippen molar-refractivity contribution in [3.8, 4) is 11.6 Å². The molecule has 3 N–H and O–H groups in total. The lowest BCUT2D eigenvalue weighted by Crippen LogP contribution is -2.30. The van der Waals surface area contributed by atoms with Crippen molar-refractivity contribution in [2.24, 2.45) is 5.73 Å². The number of nitrogens with zero attached hydrogens (tertiary/aromatic N) is 1. The zero-order valence-electron chi connectivity index (χ0n) is 13.9. The van der Waals surface area contributed by atoms with E-state index < -0.39 is 5.91 Å². The second-order valence-corrected chi connectivity index (χ2v) is 6.19. The molecule has 0 bridgehead atoms. The van der Waals surface area contributed by atoms with Crippen LogP contribution < -0.4 is 15.8 Å². The highest BCUT2D eigenvalue weighted by Gasteiger charge is 2.21. The number of unbranched alkanes of at least 4 members (excludes halogenated alkanes) is 1. The summed E-state index contributed by atoms with van der Waals surface area (Å²) >= 11 is 0. The van der Waals surface area contributed by atoms with Crippen molar-refractivity contribution in [2.45, 2.75) is 38.6 Å². The number of carbonyl (C=O) groups excluding carboxylic acids is 1. The number of carbonyl (C=O) groups is 1. The first-order valence-electron chi connectivity index (χ1n) is 8.44. The van der Waals surface area contributed by atoms with Crippen molar-refractivity contribution in [2.75, 3.05) is 6.54 Å². The minimum absolute atomic E-state index is 0.372. The number of hydrogen-bond acceptors (Lipinski definition) is 4. The normalized spacial score (nSPS) is 16.0. The SMILES string of the molecule is CCCCNC1Cc2ccc(Oc3ccc(C(N)=O)cn3)cc2C1. The predicted octanol–water partition coefficient (Wildman–Crippen LogP) is 2.83. The molecule has 24 heavy (non-hydrogen) atoms. The first-order chi connectivity index (χ1) is 11.7. The molecule has 0 fully saturated rings. The Balaban J connectivity index is 1.63. The minimum Gasteiger partial charge on any atom is -0.439 e. The molecule has 1 aliphatic carbocycles. The quantitative estimate of drug-likeness (QED) is 0.767. The zero-order valence-corrected chi connectivity index (χ0v) is 13.9. The first-order valence-corrected chi connectivity index (χ1v) is 8.44. The summed E-state index contributed by atoms with van der Waals surface area (Å²) in [6.45, 7) is 3.29. The molecule has 1 aromatic carbocycles. The van der Waals surface area contributed by atoms with Gasteiger partial charge in [0.1, 0.15) is 5.75 Å². The molecule has 3 rings (SSSR count). The van der Waals surface area contributed by atoms with Gasteiger partial charge in [0.05, 0.1) is 5.56 Å². The van der Waals surface area contributed by atoms with Crippen LogP contribution in [0.5, 0.6) is 11.6 Å². The molecule has 0 aliphatic heterocycles. The Morgan fingerprint density at radius 2 is 2.12 bits per heavy atom. The van der Waals surface area contributed by atoms with Gasteiger partial charge in [-0.15, -0.1) is 0 Å². The maximum atomic E-state index is 11.1. The van der Waals surface area contributed by atoms with Crippen LogP contribution in [0.25, 0.3) is 0 Å². The van der Waals surface area contributed by atoms with Crippen molar-refractivity contribution in [1.82, 2.24) is 10.3 Å². The van der Waals surface area contributed by atoms with E-state index in [9.17, 15) is 4.79 Å². The van der Waals surface area contributed by atoms with Gasteiger partial charge in [0.25, 0.3) is 0 Å². The van der Waals surface area contributed by atoms with Gasteiger partial charge in [-0.1, -0.05) is 19.4 Å². The van der Waals surface area contributed by atoms with Crippen LogP contribution in [0.4, 0.5) is 0 Å². The van der Waals surface area contributed by atoms with E-state index in [1.807, 2.05) is 6.07 Å². The highest BCUT2D eigenvalue weighted by molar-refractivity contribution is 5.92. The van der Waals surface area contributed by atoms with E-state index in [0.717, 1.165) is 25.1 Å². The van der Waals surface area contributed by atoms with Crippen LogP contribution >= 0.6 is 0 Å². The summed E-state index contributed by atoms with van der Waals surface area (Å²) in [6.07, 6.45) is 5.97. The molecular weight excluding hydrogens is 302 g/mol. The summed E-state index contributed by atoms with van der Waals surface area (Å²) in [4.78, 5) is 15.2. The van der Waals surface area contributed by atoms with Crippen LogP contribution in [0.2, 0.25) is 0 Å². The highest BCUT2D eigenvalue weighted by atomic mass is 16.5. The van der Waals surface area contributed by atoms with Crippen LogP contribution in [-0.2, 0) is 12.8 Å². The largest absolute Gasteiger partial charge is 0.439 e. The third kappa shape index (κ3) is 3.92. The Bertz CT molecular complexity index is 713. The van der Waals surface area contributed by atoms with Gasteiger partial charge in [-0.05, 0) is 55.1 Å². The van der Waals surface area contributed by atoms with Gasteiger partial charge in [0, 0.05) is 18.3 Å². The minimum atomic E-state index is -0.492. The monoisotopic (exact) mass is 325 g/mol. The summed E-state index contributed by atoms with van der Waals surface area (Å²) in [5.41, 5.74) is 8.29. The number of benzene rings is 1. The summed E-state index contributed by atoms with van der Waals surface area (Å²) in [7, 11) is 0. The van der Waals surface area contributed by atoms with Crippen molar-refractivity contribution >= 4 is 5.91 Å². The van der Waals surface area contributed by atoms with Gasteiger partial charge in [-0.2, -0.15) is 0 Å². The van der Waals surface area contributed by atoms with Gasteiger partial charge < -0.3 is 15.8 Å². The number of ether oxygens (including phenoxy) is 1. The number of nitrogens with two attached hydrogens (primary N) is 1. The number of primary amides is 1. The van der Waals surface area contributed by atoms with Crippen molar-refractivity contribution in [1.29, 1.82) is 0 Å². The second kappa shape index (κ2) is 7.45.